The van der Waals surface area contributed by atoms with Crippen LogP contribution in [-0.2, 0) is 42.2 Å². The van der Waals surface area contributed by atoms with Crippen LogP contribution in [0.2, 0.25) is 10.0 Å². The molecule has 11 nitrogen and oxygen atoms in total. The van der Waals surface area contributed by atoms with E-state index in [2.05, 4.69) is 10.0 Å². The summed E-state index contributed by atoms with van der Waals surface area (Å²) in [4.78, 5) is 57.0. The summed E-state index contributed by atoms with van der Waals surface area (Å²) in [6.45, 7) is 0.649. The van der Waals surface area contributed by atoms with E-state index in [1.54, 1.807) is 6.07 Å². The summed E-state index contributed by atoms with van der Waals surface area (Å²) in [6, 6.07) is 9.85. The van der Waals surface area contributed by atoms with Crippen LogP contribution < -0.4 is 10.0 Å². The van der Waals surface area contributed by atoms with E-state index in [0.29, 0.717) is 29.6 Å². The molecule has 0 unspecified atom stereocenters. The second kappa shape index (κ2) is 13.5. The van der Waals surface area contributed by atoms with Crippen molar-refractivity contribution in [3.05, 3.63) is 75.8 Å². The number of benzene rings is 2. The van der Waals surface area contributed by atoms with Gasteiger partial charge < -0.3 is 15.0 Å². The van der Waals surface area contributed by atoms with Gasteiger partial charge in [-0.2, -0.15) is 0 Å². The molecule has 0 radical (unpaired) electrons. The lowest BCUT2D eigenvalue weighted by molar-refractivity contribution is -0.139. The van der Waals surface area contributed by atoms with Crippen molar-refractivity contribution in [1.29, 1.82) is 0 Å². The smallest absolute Gasteiger partial charge is 0.410 e. The molecule has 4 aliphatic rings. The van der Waals surface area contributed by atoms with Gasteiger partial charge in [0.25, 0.3) is 15.9 Å². The van der Waals surface area contributed by atoms with E-state index in [0.717, 1.165) is 36.8 Å². The number of sulfonamides is 1. The Morgan fingerprint density at radius 2 is 1.77 bits per heavy atom. The lowest BCUT2D eigenvalue weighted by Crippen LogP contribution is -2.56. The van der Waals surface area contributed by atoms with Crippen LogP contribution in [0.15, 0.2) is 59.5 Å². The Labute approximate surface area is 283 Å². The fourth-order valence-electron chi connectivity index (χ4n) is 6.60. The number of fused-ring (bicyclic) bond motifs is 3. The molecule has 0 spiro atoms. The Bertz CT molecular complexity index is 1720. The number of hydrogen-bond donors (Lipinski definition) is 2. The maximum Gasteiger partial charge on any atom is 0.410 e. The van der Waals surface area contributed by atoms with Gasteiger partial charge in [-0.05, 0) is 67.1 Å². The highest BCUT2D eigenvalue weighted by atomic mass is 35.5. The van der Waals surface area contributed by atoms with E-state index >= 15 is 0 Å². The molecular weight excluding hydrogens is 667 g/mol. The summed E-state index contributed by atoms with van der Waals surface area (Å²) in [5.74, 6) is -2.17. The standard InChI is InChI=1S/C33H36Cl2N4O7S/c34-23-12-14-25(15-13-23)47(44,45)37-31(42)33-17-22(33)9-5-3-1-2-4-6-11-29(40)39-19-24(16-28(39)30(41)36-33)46-32(43)38-18-21-8-7-10-27(35)26(21)20-38/h5,7-10,12-15,22,24,28H,1-4,6,11,16-20H2,(H,36,41)(H,37,42)/b9-5-/t22-,24-,28+,33-/m1/s1. The maximum atomic E-state index is 13.9. The van der Waals surface area contributed by atoms with Gasteiger partial charge in [-0.1, -0.05) is 60.3 Å². The molecule has 2 N–H and O–H groups in total. The normalized spacial score (nSPS) is 27.0. The van der Waals surface area contributed by atoms with Gasteiger partial charge in [-0.3, -0.25) is 19.3 Å². The second-order valence-corrected chi connectivity index (χ2v) is 15.1. The van der Waals surface area contributed by atoms with E-state index in [1.807, 2.05) is 24.3 Å². The molecule has 1 saturated carbocycles. The Balaban J connectivity index is 1.20. The Morgan fingerprint density at radius 3 is 2.53 bits per heavy atom. The average Bonchev–Trinajstić information content (AvgIpc) is 3.33. The zero-order valence-electron chi connectivity index (χ0n) is 25.6. The highest BCUT2D eigenvalue weighted by Gasteiger charge is 2.61. The van der Waals surface area contributed by atoms with E-state index in [4.69, 9.17) is 27.9 Å². The fourth-order valence-corrected chi connectivity index (χ4v) is 8.02. The fraction of sp³-hybridized carbons (Fsp3) is 0.455. The number of nitrogens with one attached hydrogen (secondary N) is 2. The van der Waals surface area contributed by atoms with E-state index in [1.165, 1.54) is 34.1 Å². The van der Waals surface area contributed by atoms with Gasteiger partial charge in [0.1, 0.15) is 17.7 Å². The Hall–Kier alpha value is -3.61. The van der Waals surface area contributed by atoms with Crippen molar-refractivity contribution < 1.29 is 32.3 Å². The van der Waals surface area contributed by atoms with E-state index in [9.17, 15) is 27.6 Å². The predicted molar refractivity (Wildman–Crippen MR) is 174 cm³/mol. The molecule has 4 amide bonds. The molecule has 4 atom stereocenters. The number of ether oxygens (including phenoxy) is 1. The molecule has 47 heavy (non-hydrogen) atoms. The molecule has 2 aromatic rings. The van der Waals surface area contributed by atoms with Gasteiger partial charge in [0.05, 0.1) is 18.0 Å². The minimum atomic E-state index is -4.27. The molecule has 0 aromatic heterocycles. The van der Waals surface area contributed by atoms with Gasteiger partial charge in [-0.15, -0.1) is 0 Å². The van der Waals surface area contributed by atoms with Crippen LogP contribution in [-0.4, -0.2) is 66.3 Å². The SMILES string of the molecule is O=C1N[C@]2(C(=O)NS(=O)(=O)c3ccc(Cl)cc3)C[C@H]2/C=C\CCCCCCC(=O)N2C[C@H](OC(=O)N3Cc4cccc(Cl)c4C3)C[C@@H]12. The number of rotatable bonds is 4. The average molecular weight is 704 g/mol. The largest absolute Gasteiger partial charge is 0.444 e. The van der Waals surface area contributed by atoms with E-state index < -0.39 is 51.5 Å². The molecule has 3 aliphatic heterocycles. The topological polar surface area (TPSA) is 142 Å². The number of hydrogen-bond acceptors (Lipinski definition) is 7. The third-order valence-electron chi connectivity index (χ3n) is 9.33. The molecule has 2 aromatic carbocycles. The van der Waals surface area contributed by atoms with Crippen LogP contribution in [0.5, 0.6) is 0 Å². The molecule has 1 saturated heterocycles. The lowest BCUT2D eigenvalue weighted by atomic mass is 10.1. The molecule has 0 bridgehead atoms. The Kier molecular flexibility index (Phi) is 9.55. The van der Waals surface area contributed by atoms with Crippen molar-refractivity contribution in [3.63, 3.8) is 0 Å². The minimum absolute atomic E-state index is 0.0255. The minimum Gasteiger partial charge on any atom is -0.444 e. The summed E-state index contributed by atoms with van der Waals surface area (Å²) in [7, 11) is -4.27. The summed E-state index contributed by atoms with van der Waals surface area (Å²) in [5.41, 5.74) is 0.254. The number of allylic oxidation sites excluding steroid dienone is 1. The first-order valence-corrected chi connectivity index (χ1v) is 18.0. The van der Waals surface area contributed by atoms with Crippen molar-refractivity contribution in [2.75, 3.05) is 6.54 Å². The van der Waals surface area contributed by atoms with Gasteiger partial charge in [0.2, 0.25) is 11.8 Å². The first kappa shape index (κ1) is 33.3. The monoisotopic (exact) mass is 702 g/mol. The number of carbonyl (C=O) groups is 4. The van der Waals surface area contributed by atoms with Crippen LogP contribution in [0.1, 0.15) is 62.5 Å². The first-order valence-electron chi connectivity index (χ1n) is 15.8. The summed E-state index contributed by atoms with van der Waals surface area (Å²) < 4.78 is 34.1. The molecular formula is C33H36Cl2N4O7S. The third kappa shape index (κ3) is 7.14. The van der Waals surface area contributed by atoms with Gasteiger partial charge in [-0.25, -0.2) is 17.9 Å². The van der Waals surface area contributed by atoms with Crippen LogP contribution in [0.4, 0.5) is 4.79 Å². The molecule has 6 rings (SSSR count). The maximum absolute atomic E-state index is 13.9. The predicted octanol–water partition coefficient (Wildman–Crippen LogP) is 4.71. The molecule has 14 heteroatoms. The van der Waals surface area contributed by atoms with Crippen LogP contribution in [0.3, 0.4) is 0 Å². The number of amides is 4. The summed E-state index contributed by atoms with van der Waals surface area (Å²) in [6.07, 6.45) is 6.98. The second-order valence-electron chi connectivity index (χ2n) is 12.6. The van der Waals surface area contributed by atoms with Crippen molar-refractivity contribution >= 4 is 57.0 Å². The third-order valence-corrected chi connectivity index (χ3v) is 11.3. The van der Waals surface area contributed by atoms with E-state index in [-0.39, 0.29) is 36.6 Å². The van der Waals surface area contributed by atoms with Crippen molar-refractivity contribution in [1.82, 2.24) is 19.8 Å². The van der Waals surface area contributed by atoms with Crippen LogP contribution >= 0.6 is 23.2 Å². The lowest BCUT2D eigenvalue weighted by Gasteiger charge is -2.26. The van der Waals surface area contributed by atoms with Gasteiger partial charge >= 0.3 is 6.09 Å². The number of halogens is 2. The highest BCUT2D eigenvalue weighted by Crippen LogP contribution is 2.46. The first-order chi connectivity index (χ1) is 22.5. The zero-order valence-corrected chi connectivity index (χ0v) is 28.0. The molecule has 3 heterocycles. The molecule has 2 fully saturated rings. The number of carbonyl (C=O) groups excluding carboxylic acids is 4. The Morgan fingerprint density at radius 1 is 1.00 bits per heavy atom. The van der Waals surface area contributed by atoms with Crippen LogP contribution in [0.25, 0.3) is 0 Å². The summed E-state index contributed by atoms with van der Waals surface area (Å²) >= 11 is 12.2. The highest BCUT2D eigenvalue weighted by molar-refractivity contribution is 7.90. The van der Waals surface area contributed by atoms with Crippen molar-refractivity contribution in [3.8, 4) is 0 Å². The zero-order chi connectivity index (χ0) is 33.3. The van der Waals surface area contributed by atoms with Crippen LogP contribution in [0, 0.1) is 5.92 Å². The van der Waals surface area contributed by atoms with Crippen molar-refractivity contribution in [2.45, 2.75) is 87.0 Å². The van der Waals surface area contributed by atoms with Gasteiger partial charge in [0.15, 0.2) is 0 Å². The summed E-state index contributed by atoms with van der Waals surface area (Å²) in [5, 5.41) is 3.72. The molecule has 1 aliphatic carbocycles. The molecule has 250 valence electrons. The number of nitrogens with zero attached hydrogens (tertiary/aromatic N) is 2. The quantitative estimate of drug-likeness (QED) is 0.440. The van der Waals surface area contributed by atoms with Gasteiger partial charge in [0, 0.05) is 35.3 Å². The van der Waals surface area contributed by atoms with Crippen molar-refractivity contribution in [2.24, 2.45) is 5.92 Å².